The van der Waals surface area contributed by atoms with E-state index in [-0.39, 0.29) is 11.9 Å². The van der Waals surface area contributed by atoms with Crippen LogP contribution in [0.3, 0.4) is 0 Å². The fourth-order valence-electron chi connectivity index (χ4n) is 2.80. The zero-order valence-corrected chi connectivity index (χ0v) is 14.6. The first-order valence-corrected chi connectivity index (χ1v) is 8.60. The molecule has 128 valence electrons. The minimum absolute atomic E-state index is 0.116. The number of carbonyl (C=O) groups is 1. The normalized spacial score (nSPS) is 12.8. The number of carbonyl (C=O) groups excluding carboxylic acids is 1. The van der Waals surface area contributed by atoms with Crippen molar-refractivity contribution in [2.75, 3.05) is 0 Å². The topological polar surface area (TPSA) is 57.8 Å². The van der Waals surface area contributed by atoms with E-state index in [0.717, 1.165) is 28.8 Å². The van der Waals surface area contributed by atoms with E-state index in [4.69, 9.17) is 0 Å². The monoisotopic (exact) mass is 333 g/mol. The highest BCUT2D eigenvalue weighted by molar-refractivity contribution is 5.92. The van der Waals surface area contributed by atoms with E-state index in [1.54, 1.807) is 6.08 Å². The van der Waals surface area contributed by atoms with E-state index in [9.17, 15) is 4.79 Å². The molecule has 2 aromatic carbocycles. The average molecular weight is 333 g/mol. The van der Waals surface area contributed by atoms with Crippen molar-refractivity contribution in [3.63, 3.8) is 0 Å². The van der Waals surface area contributed by atoms with Gasteiger partial charge in [0.1, 0.15) is 5.82 Å². The van der Waals surface area contributed by atoms with E-state index in [1.807, 2.05) is 60.7 Å². The highest BCUT2D eigenvalue weighted by Gasteiger charge is 2.18. The maximum atomic E-state index is 12.4. The maximum Gasteiger partial charge on any atom is 0.244 e. The fraction of sp³-hybridized carbons (Fsp3) is 0.238. The Balaban J connectivity index is 1.76. The third kappa shape index (κ3) is 4.57. The summed E-state index contributed by atoms with van der Waals surface area (Å²) >= 11 is 0. The van der Waals surface area contributed by atoms with Crippen LogP contribution in [0.5, 0.6) is 0 Å². The second kappa shape index (κ2) is 7.79. The van der Waals surface area contributed by atoms with Crippen molar-refractivity contribution in [3.8, 4) is 0 Å². The second-order valence-electron chi connectivity index (χ2n) is 6.57. The first-order valence-electron chi connectivity index (χ1n) is 8.60. The lowest BCUT2D eigenvalue weighted by molar-refractivity contribution is -0.117. The van der Waals surface area contributed by atoms with Crippen LogP contribution in [-0.4, -0.2) is 15.9 Å². The van der Waals surface area contributed by atoms with Crippen LogP contribution >= 0.6 is 0 Å². The molecule has 1 aromatic heterocycles. The molecular weight excluding hydrogens is 310 g/mol. The number of rotatable bonds is 6. The molecule has 4 nitrogen and oxygen atoms in total. The molecule has 1 heterocycles. The van der Waals surface area contributed by atoms with Crippen LogP contribution in [0.1, 0.15) is 37.7 Å². The van der Waals surface area contributed by atoms with Gasteiger partial charge in [-0.25, -0.2) is 4.98 Å². The Morgan fingerprint density at radius 2 is 1.84 bits per heavy atom. The van der Waals surface area contributed by atoms with Crippen LogP contribution in [0.15, 0.2) is 60.7 Å². The van der Waals surface area contributed by atoms with E-state index < -0.39 is 0 Å². The number of hydrogen-bond acceptors (Lipinski definition) is 2. The molecule has 25 heavy (non-hydrogen) atoms. The van der Waals surface area contributed by atoms with Gasteiger partial charge in [-0.1, -0.05) is 56.3 Å². The van der Waals surface area contributed by atoms with Gasteiger partial charge >= 0.3 is 0 Å². The van der Waals surface area contributed by atoms with Crippen molar-refractivity contribution < 1.29 is 4.79 Å². The van der Waals surface area contributed by atoms with Crippen molar-refractivity contribution in [2.24, 2.45) is 5.92 Å². The Kier molecular flexibility index (Phi) is 5.29. The highest BCUT2D eigenvalue weighted by atomic mass is 16.1. The van der Waals surface area contributed by atoms with Crippen molar-refractivity contribution in [1.82, 2.24) is 15.3 Å². The molecule has 3 aromatic rings. The fourth-order valence-corrected chi connectivity index (χ4v) is 2.80. The van der Waals surface area contributed by atoms with Gasteiger partial charge < -0.3 is 10.3 Å². The molecule has 0 aliphatic carbocycles. The van der Waals surface area contributed by atoms with Crippen molar-refractivity contribution in [3.05, 3.63) is 72.1 Å². The molecule has 0 aliphatic heterocycles. The predicted octanol–water partition coefficient (Wildman–Crippen LogP) is 4.48. The summed E-state index contributed by atoms with van der Waals surface area (Å²) in [6, 6.07) is 17.6. The first-order chi connectivity index (χ1) is 12.1. The van der Waals surface area contributed by atoms with Gasteiger partial charge in [-0.3, -0.25) is 4.79 Å². The molecule has 0 saturated carbocycles. The third-order valence-corrected chi connectivity index (χ3v) is 3.99. The minimum atomic E-state index is -0.139. The number of aromatic nitrogens is 2. The molecule has 4 heteroatoms. The van der Waals surface area contributed by atoms with Gasteiger partial charge in [0.15, 0.2) is 0 Å². The van der Waals surface area contributed by atoms with E-state index >= 15 is 0 Å². The zero-order chi connectivity index (χ0) is 17.6. The van der Waals surface area contributed by atoms with Crippen LogP contribution < -0.4 is 5.32 Å². The molecule has 0 saturated heterocycles. The Morgan fingerprint density at radius 3 is 2.56 bits per heavy atom. The highest BCUT2D eigenvalue weighted by Crippen LogP contribution is 2.22. The van der Waals surface area contributed by atoms with E-state index in [1.165, 1.54) is 0 Å². The molecule has 1 unspecified atom stereocenters. The molecule has 0 spiro atoms. The Hall–Kier alpha value is -2.88. The number of benzene rings is 2. The lowest BCUT2D eigenvalue weighted by Crippen LogP contribution is -2.28. The molecule has 0 bridgehead atoms. The van der Waals surface area contributed by atoms with Crippen molar-refractivity contribution in [2.45, 2.75) is 26.3 Å². The molecule has 2 N–H and O–H groups in total. The number of imidazole rings is 1. The molecule has 0 radical (unpaired) electrons. The van der Waals surface area contributed by atoms with Gasteiger partial charge in [0.25, 0.3) is 0 Å². The third-order valence-electron chi connectivity index (χ3n) is 3.99. The number of amides is 1. The lowest BCUT2D eigenvalue weighted by Gasteiger charge is -2.17. The summed E-state index contributed by atoms with van der Waals surface area (Å²) in [5, 5.41) is 3.08. The summed E-state index contributed by atoms with van der Waals surface area (Å²) in [7, 11) is 0. The SMILES string of the molecule is CC(C)CC(NC(=O)/C=C/c1ccccc1)c1nc2ccccc2[nH]1. The van der Waals surface area contributed by atoms with Crippen LogP contribution in [0.2, 0.25) is 0 Å². The Bertz CT molecular complexity index is 832. The number of H-pyrrole nitrogens is 1. The van der Waals surface area contributed by atoms with E-state index in [0.29, 0.717) is 5.92 Å². The Morgan fingerprint density at radius 1 is 1.12 bits per heavy atom. The average Bonchev–Trinajstić information content (AvgIpc) is 3.04. The summed E-state index contributed by atoms with van der Waals surface area (Å²) in [4.78, 5) is 20.3. The van der Waals surface area contributed by atoms with Gasteiger partial charge in [-0.2, -0.15) is 0 Å². The number of aromatic amines is 1. The number of hydrogen-bond donors (Lipinski definition) is 2. The van der Waals surface area contributed by atoms with Crippen LogP contribution in [0, 0.1) is 5.92 Å². The molecule has 1 amide bonds. The molecule has 0 aliphatic rings. The molecule has 1 atom stereocenters. The largest absolute Gasteiger partial charge is 0.343 e. The van der Waals surface area contributed by atoms with Gasteiger partial charge in [0.2, 0.25) is 5.91 Å². The van der Waals surface area contributed by atoms with Crippen molar-refractivity contribution >= 4 is 23.0 Å². The Labute approximate surface area is 148 Å². The lowest BCUT2D eigenvalue weighted by atomic mass is 10.0. The summed E-state index contributed by atoms with van der Waals surface area (Å²) in [6.07, 6.45) is 4.22. The summed E-state index contributed by atoms with van der Waals surface area (Å²) in [5.41, 5.74) is 2.91. The minimum Gasteiger partial charge on any atom is -0.343 e. The second-order valence-corrected chi connectivity index (χ2v) is 6.57. The smallest absolute Gasteiger partial charge is 0.244 e. The van der Waals surface area contributed by atoms with Crippen LogP contribution in [-0.2, 0) is 4.79 Å². The number of fused-ring (bicyclic) bond motifs is 1. The van der Waals surface area contributed by atoms with Gasteiger partial charge in [-0.05, 0) is 36.1 Å². The first kappa shape index (κ1) is 17.0. The van der Waals surface area contributed by atoms with E-state index in [2.05, 4.69) is 29.1 Å². The number of nitrogens with one attached hydrogen (secondary N) is 2. The van der Waals surface area contributed by atoms with Crippen LogP contribution in [0.4, 0.5) is 0 Å². The van der Waals surface area contributed by atoms with Gasteiger partial charge in [0.05, 0.1) is 17.1 Å². The maximum absolute atomic E-state index is 12.4. The predicted molar refractivity (Wildman–Crippen MR) is 102 cm³/mol. The standard InChI is InChI=1S/C21H23N3O/c1-15(2)14-19(21-23-17-10-6-7-11-18(17)24-21)22-20(25)13-12-16-8-4-3-5-9-16/h3-13,15,19H,14H2,1-2H3,(H,22,25)(H,23,24)/b13-12+. The van der Waals surface area contributed by atoms with Gasteiger partial charge in [-0.15, -0.1) is 0 Å². The quantitative estimate of drug-likeness (QED) is 0.653. The number of nitrogens with zero attached hydrogens (tertiary/aromatic N) is 1. The van der Waals surface area contributed by atoms with Crippen molar-refractivity contribution in [1.29, 1.82) is 0 Å². The number of para-hydroxylation sites is 2. The molecule has 3 rings (SSSR count). The molecule has 0 fully saturated rings. The molecular formula is C21H23N3O. The van der Waals surface area contributed by atoms with Crippen LogP contribution in [0.25, 0.3) is 17.1 Å². The summed E-state index contributed by atoms with van der Waals surface area (Å²) < 4.78 is 0. The zero-order valence-electron chi connectivity index (χ0n) is 14.6. The van der Waals surface area contributed by atoms with Gasteiger partial charge in [0, 0.05) is 6.08 Å². The summed E-state index contributed by atoms with van der Waals surface area (Å²) in [5.74, 6) is 1.13. The summed E-state index contributed by atoms with van der Waals surface area (Å²) in [6.45, 7) is 4.28.